The van der Waals surface area contributed by atoms with Gasteiger partial charge in [-0.05, 0) is 42.3 Å². The first-order chi connectivity index (χ1) is 15.3. The van der Waals surface area contributed by atoms with Crippen molar-refractivity contribution in [2.24, 2.45) is 0 Å². The van der Waals surface area contributed by atoms with Gasteiger partial charge in [0.1, 0.15) is 5.69 Å². The third-order valence-corrected chi connectivity index (χ3v) is 5.38. The third kappa shape index (κ3) is 2.84. The van der Waals surface area contributed by atoms with Crippen LogP contribution in [0.1, 0.15) is 5.56 Å². The predicted molar refractivity (Wildman–Crippen MR) is 118 cm³/mol. The fourth-order valence-corrected chi connectivity index (χ4v) is 3.79. The highest BCUT2D eigenvalue weighted by atomic mass is 15.2. The van der Waals surface area contributed by atoms with Crippen LogP contribution in [0, 0.1) is 6.92 Å². The summed E-state index contributed by atoms with van der Waals surface area (Å²) >= 11 is 0. The number of aromatic amines is 2. The minimum atomic E-state index is 0.659. The van der Waals surface area contributed by atoms with Gasteiger partial charge in [-0.15, -0.1) is 0 Å². The van der Waals surface area contributed by atoms with Gasteiger partial charge in [-0.1, -0.05) is 0 Å². The van der Waals surface area contributed by atoms with Crippen LogP contribution in [0.5, 0.6) is 0 Å². The summed E-state index contributed by atoms with van der Waals surface area (Å²) in [6.45, 7) is 2.06. The Morgan fingerprint density at radius 1 is 0.806 bits per heavy atom. The van der Waals surface area contributed by atoms with Crippen LogP contribution < -0.4 is 0 Å². The first-order valence-corrected chi connectivity index (χ1v) is 9.77. The van der Waals surface area contributed by atoms with E-state index in [4.69, 9.17) is 4.98 Å². The van der Waals surface area contributed by atoms with Crippen LogP contribution in [0.25, 0.3) is 55.8 Å². The topological polar surface area (TPSA) is 109 Å². The maximum atomic E-state index is 4.86. The fraction of sp³-hybridized carbons (Fsp3) is 0.0435. The second kappa shape index (κ2) is 6.81. The quantitative estimate of drug-likeness (QED) is 0.454. The van der Waals surface area contributed by atoms with Gasteiger partial charge in [-0.2, -0.15) is 5.10 Å². The van der Waals surface area contributed by atoms with Crippen molar-refractivity contribution in [3.8, 4) is 33.8 Å². The van der Waals surface area contributed by atoms with Gasteiger partial charge in [0.15, 0.2) is 11.5 Å². The molecule has 6 aromatic heterocycles. The average Bonchev–Trinajstić information content (AvgIpc) is 3.43. The fourth-order valence-electron chi connectivity index (χ4n) is 3.79. The van der Waals surface area contributed by atoms with Crippen molar-refractivity contribution in [1.29, 1.82) is 0 Å². The summed E-state index contributed by atoms with van der Waals surface area (Å²) in [5, 5.41) is 8.39. The Morgan fingerprint density at radius 2 is 1.65 bits per heavy atom. The molecule has 0 aliphatic heterocycles. The van der Waals surface area contributed by atoms with Crippen LogP contribution in [-0.4, -0.2) is 40.1 Å². The first kappa shape index (κ1) is 17.4. The average molecular weight is 404 g/mol. The molecule has 0 saturated carbocycles. The van der Waals surface area contributed by atoms with Gasteiger partial charge in [-0.3, -0.25) is 20.1 Å². The molecule has 6 rings (SSSR count). The summed E-state index contributed by atoms with van der Waals surface area (Å²) in [7, 11) is 0. The zero-order valence-corrected chi connectivity index (χ0v) is 16.5. The lowest BCUT2D eigenvalue weighted by molar-refractivity contribution is 1.09. The molecule has 6 aromatic rings. The predicted octanol–water partition coefficient (Wildman–Crippen LogP) is 4.33. The maximum Gasteiger partial charge on any atom is 0.159 e. The van der Waals surface area contributed by atoms with Crippen molar-refractivity contribution >= 4 is 22.1 Å². The van der Waals surface area contributed by atoms with E-state index in [2.05, 4.69) is 48.1 Å². The molecular formula is C23H16N8. The van der Waals surface area contributed by atoms with E-state index in [0.29, 0.717) is 17.2 Å². The number of nitrogens with one attached hydrogen (secondary N) is 2. The summed E-state index contributed by atoms with van der Waals surface area (Å²) in [5.41, 5.74) is 8.19. The lowest BCUT2D eigenvalue weighted by atomic mass is 10.0. The summed E-state index contributed by atoms with van der Waals surface area (Å²) in [5.74, 6) is 0.659. The molecule has 31 heavy (non-hydrogen) atoms. The molecule has 8 heteroatoms. The Hall–Kier alpha value is -4.46. The SMILES string of the molecule is Cc1ccncc1-c1cnc2[nH]nc(-c3nc4c(-c5ccncc5)cncc4[nH]3)c2c1. The Bertz CT molecular complexity index is 1550. The number of hydrogen-bond acceptors (Lipinski definition) is 6. The van der Waals surface area contributed by atoms with E-state index < -0.39 is 0 Å². The number of pyridine rings is 4. The lowest BCUT2D eigenvalue weighted by Crippen LogP contribution is -1.87. The Balaban J connectivity index is 1.52. The number of H-pyrrole nitrogens is 2. The summed E-state index contributed by atoms with van der Waals surface area (Å²) in [6, 6.07) is 7.95. The van der Waals surface area contributed by atoms with Crippen molar-refractivity contribution in [3.05, 3.63) is 73.2 Å². The molecule has 0 atom stereocenters. The van der Waals surface area contributed by atoms with Crippen LogP contribution in [0.15, 0.2) is 67.6 Å². The highest BCUT2D eigenvalue weighted by Gasteiger charge is 2.17. The normalized spacial score (nSPS) is 11.4. The van der Waals surface area contributed by atoms with Crippen molar-refractivity contribution in [3.63, 3.8) is 0 Å². The molecule has 6 heterocycles. The first-order valence-electron chi connectivity index (χ1n) is 9.77. The molecule has 0 amide bonds. The van der Waals surface area contributed by atoms with Gasteiger partial charge in [-0.25, -0.2) is 9.97 Å². The standard InChI is InChI=1S/C23H16N8/c1-13-2-5-25-10-17(13)15-8-16-21(30-31-22(16)27-9-15)23-28-19-12-26-11-18(20(19)29-23)14-3-6-24-7-4-14/h2-12H,1H3,(H,28,29)(H,27,30,31). The van der Waals surface area contributed by atoms with Gasteiger partial charge in [0.2, 0.25) is 0 Å². The smallest absolute Gasteiger partial charge is 0.159 e. The second-order valence-electron chi connectivity index (χ2n) is 7.29. The van der Waals surface area contributed by atoms with Crippen LogP contribution >= 0.6 is 0 Å². The molecule has 148 valence electrons. The van der Waals surface area contributed by atoms with Crippen LogP contribution in [0.4, 0.5) is 0 Å². The molecule has 0 saturated heterocycles. The van der Waals surface area contributed by atoms with Gasteiger partial charge in [0.05, 0.1) is 22.6 Å². The van der Waals surface area contributed by atoms with Gasteiger partial charge >= 0.3 is 0 Å². The van der Waals surface area contributed by atoms with Crippen molar-refractivity contribution in [1.82, 2.24) is 40.1 Å². The molecule has 0 aliphatic carbocycles. The molecule has 2 N–H and O–H groups in total. The monoisotopic (exact) mass is 404 g/mol. The summed E-state index contributed by atoms with van der Waals surface area (Å²) < 4.78 is 0. The van der Waals surface area contributed by atoms with E-state index in [9.17, 15) is 0 Å². The molecule has 0 spiro atoms. The Labute approximate surface area is 176 Å². The molecule has 0 unspecified atom stereocenters. The number of hydrogen-bond donors (Lipinski definition) is 2. The number of aryl methyl sites for hydroxylation is 1. The van der Waals surface area contributed by atoms with Gasteiger partial charge < -0.3 is 4.98 Å². The van der Waals surface area contributed by atoms with E-state index in [0.717, 1.165) is 44.2 Å². The van der Waals surface area contributed by atoms with Gasteiger partial charge in [0, 0.05) is 53.9 Å². The number of rotatable bonds is 3. The molecule has 8 nitrogen and oxygen atoms in total. The molecule has 0 aliphatic rings. The Morgan fingerprint density at radius 3 is 2.52 bits per heavy atom. The van der Waals surface area contributed by atoms with Crippen LogP contribution in [0.2, 0.25) is 0 Å². The van der Waals surface area contributed by atoms with E-state index in [-0.39, 0.29) is 0 Å². The highest BCUT2D eigenvalue weighted by Crippen LogP contribution is 2.32. The minimum Gasteiger partial charge on any atom is -0.335 e. The number of aromatic nitrogens is 8. The van der Waals surface area contributed by atoms with Gasteiger partial charge in [0.25, 0.3) is 0 Å². The summed E-state index contributed by atoms with van der Waals surface area (Å²) in [6.07, 6.45) is 12.6. The maximum absolute atomic E-state index is 4.86. The van der Waals surface area contributed by atoms with E-state index in [1.54, 1.807) is 24.8 Å². The van der Waals surface area contributed by atoms with E-state index >= 15 is 0 Å². The third-order valence-electron chi connectivity index (χ3n) is 5.38. The molecule has 0 radical (unpaired) electrons. The number of imidazole rings is 1. The minimum absolute atomic E-state index is 0.659. The van der Waals surface area contributed by atoms with Crippen LogP contribution in [-0.2, 0) is 0 Å². The molecule has 0 bridgehead atoms. The van der Waals surface area contributed by atoms with Crippen molar-refractivity contribution < 1.29 is 0 Å². The zero-order valence-electron chi connectivity index (χ0n) is 16.5. The molecule has 0 fully saturated rings. The highest BCUT2D eigenvalue weighted by molar-refractivity contribution is 5.96. The molecule has 0 aromatic carbocycles. The largest absolute Gasteiger partial charge is 0.335 e. The lowest BCUT2D eigenvalue weighted by Gasteiger charge is -2.04. The van der Waals surface area contributed by atoms with Crippen LogP contribution in [0.3, 0.4) is 0 Å². The summed E-state index contributed by atoms with van der Waals surface area (Å²) in [4.78, 5) is 25.5. The van der Waals surface area contributed by atoms with E-state index in [1.807, 2.05) is 36.8 Å². The second-order valence-corrected chi connectivity index (χ2v) is 7.29. The number of nitrogens with zero attached hydrogens (tertiary/aromatic N) is 6. The number of fused-ring (bicyclic) bond motifs is 2. The van der Waals surface area contributed by atoms with Crippen molar-refractivity contribution in [2.45, 2.75) is 6.92 Å². The van der Waals surface area contributed by atoms with E-state index in [1.165, 1.54) is 0 Å². The zero-order chi connectivity index (χ0) is 20.8. The van der Waals surface area contributed by atoms with Crippen molar-refractivity contribution in [2.75, 3.05) is 0 Å². The Kier molecular flexibility index (Phi) is 3.82. The molecular weight excluding hydrogens is 388 g/mol.